The molecule has 0 aliphatic carbocycles. The summed E-state index contributed by atoms with van der Waals surface area (Å²) in [6, 6.07) is 9.43. The van der Waals surface area contributed by atoms with Crippen LogP contribution in [0.3, 0.4) is 0 Å². The zero-order valence-electron chi connectivity index (χ0n) is 12.6. The predicted molar refractivity (Wildman–Crippen MR) is 87.9 cm³/mol. The molecule has 0 atom stereocenters. The Labute approximate surface area is 137 Å². The molecule has 120 valence electrons. The molecular weight excluding hydrogens is 309 g/mol. The Hall–Kier alpha value is -3.35. The minimum Gasteiger partial charge on any atom is -0.365 e. The summed E-state index contributed by atoms with van der Waals surface area (Å²) in [5.41, 5.74) is 1.56. The van der Waals surface area contributed by atoms with Crippen LogP contribution in [-0.2, 0) is 6.54 Å². The normalized spacial score (nSPS) is 10.2. The van der Waals surface area contributed by atoms with E-state index in [-0.39, 0.29) is 5.69 Å². The van der Waals surface area contributed by atoms with E-state index in [0.29, 0.717) is 18.1 Å². The number of nitrogens with one attached hydrogen (secondary N) is 2. The molecule has 0 aliphatic rings. The number of hydrogen-bond acceptors (Lipinski definition) is 5. The van der Waals surface area contributed by atoms with E-state index in [0.717, 1.165) is 5.56 Å². The Balaban J connectivity index is 1.60. The largest absolute Gasteiger partial charge is 0.365 e. The molecule has 6 nitrogen and oxygen atoms in total. The summed E-state index contributed by atoms with van der Waals surface area (Å²) in [5, 5.41) is 5.67. The molecule has 0 saturated heterocycles. The first-order valence-electron chi connectivity index (χ1n) is 7.22. The van der Waals surface area contributed by atoms with Gasteiger partial charge >= 0.3 is 0 Å². The maximum absolute atomic E-state index is 13.1. The van der Waals surface area contributed by atoms with Crippen LogP contribution in [0.5, 0.6) is 0 Å². The molecule has 7 heteroatoms. The molecule has 3 rings (SSSR count). The highest BCUT2D eigenvalue weighted by molar-refractivity contribution is 6.02. The average Bonchev–Trinajstić information content (AvgIpc) is 2.61. The minimum absolute atomic E-state index is 0.147. The fourth-order valence-electron chi connectivity index (χ4n) is 1.99. The van der Waals surface area contributed by atoms with Gasteiger partial charge in [-0.2, -0.15) is 0 Å². The van der Waals surface area contributed by atoms with E-state index >= 15 is 0 Å². The smallest absolute Gasteiger partial charge is 0.275 e. The predicted octanol–water partition coefficient (Wildman–Crippen LogP) is 2.88. The summed E-state index contributed by atoms with van der Waals surface area (Å²) < 4.78 is 13.1. The monoisotopic (exact) mass is 323 g/mol. The highest BCUT2D eigenvalue weighted by Crippen LogP contribution is 2.11. The van der Waals surface area contributed by atoms with Gasteiger partial charge < -0.3 is 10.6 Å². The van der Waals surface area contributed by atoms with E-state index in [9.17, 15) is 9.18 Å². The van der Waals surface area contributed by atoms with Gasteiger partial charge in [0.05, 0.1) is 12.4 Å². The lowest BCUT2D eigenvalue weighted by Crippen LogP contribution is -2.14. The Morgan fingerprint density at radius 2 is 1.92 bits per heavy atom. The van der Waals surface area contributed by atoms with Crippen LogP contribution in [0.4, 0.5) is 15.9 Å². The molecule has 0 aliphatic heterocycles. The molecule has 2 aromatic heterocycles. The van der Waals surface area contributed by atoms with Crippen molar-refractivity contribution in [1.82, 2.24) is 15.0 Å². The fourth-order valence-corrected chi connectivity index (χ4v) is 1.99. The minimum atomic E-state index is -0.450. The van der Waals surface area contributed by atoms with E-state index in [2.05, 4.69) is 25.6 Å². The molecule has 2 N–H and O–H groups in total. The van der Waals surface area contributed by atoms with E-state index in [1.807, 2.05) is 12.1 Å². The van der Waals surface area contributed by atoms with Crippen molar-refractivity contribution in [3.05, 3.63) is 78.3 Å². The van der Waals surface area contributed by atoms with E-state index < -0.39 is 11.7 Å². The number of nitrogens with zero attached hydrogens (tertiary/aromatic N) is 3. The van der Waals surface area contributed by atoms with Crippen molar-refractivity contribution in [2.24, 2.45) is 0 Å². The summed E-state index contributed by atoms with van der Waals surface area (Å²) in [6.45, 7) is 0.575. The molecule has 0 radical (unpaired) electrons. The lowest BCUT2D eigenvalue weighted by atomic mass is 10.3. The van der Waals surface area contributed by atoms with Gasteiger partial charge in [-0.1, -0.05) is 6.07 Å². The molecular formula is C17H14FN5O. The third kappa shape index (κ3) is 4.10. The molecule has 3 aromatic rings. The molecule has 0 fully saturated rings. The van der Waals surface area contributed by atoms with Gasteiger partial charge in [0.25, 0.3) is 5.91 Å². The van der Waals surface area contributed by atoms with Crippen molar-refractivity contribution < 1.29 is 9.18 Å². The Morgan fingerprint density at radius 3 is 2.62 bits per heavy atom. The van der Waals surface area contributed by atoms with Crippen LogP contribution in [0, 0.1) is 5.82 Å². The van der Waals surface area contributed by atoms with Crippen molar-refractivity contribution in [1.29, 1.82) is 0 Å². The first-order chi connectivity index (χ1) is 11.7. The summed E-state index contributed by atoms with van der Waals surface area (Å²) in [7, 11) is 0. The maximum Gasteiger partial charge on any atom is 0.275 e. The number of pyridine rings is 1. The van der Waals surface area contributed by atoms with Crippen LogP contribution in [0.1, 0.15) is 16.1 Å². The van der Waals surface area contributed by atoms with Crippen LogP contribution in [0.15, 0.2) is 61.2 Å². The zero-order valence-corrected chi connectivity index (χ0v) is 12.6. The Kier molecular flexibility index (Phi) is 4.71. The summed E-state index contributed by atoms with van der Waals surface area (Å²) in [6.07, 6.45) is 6.26. The number of benzene rings is 1. The third-order valence-electron chi connectivity index (χ3n) is 3.19. The van der Waals surface area contributed by atoms with Crippen molar-refractivity contribution in [2.75, 3.05) is 10.6 Å². The van der Waals surface area contributed by atoms with Crippen LogP contribution in [0.2, 0.25) is 0 Å². The molecule has 0 spiro atoms. The first kappa shape index (κ1) is 15.5. The molecule has 0 saturated carbocycles. The fraction of sp³-hybridized carbons (Fsp3) is 0.0588. The quantitative estimate of drug-likeness (QED) is 0.755. The molecule has 0 unspecified atom stereocenters. The highest BCUT2D eigenvalue weighted by Gasteiger charge is 2.09. The molecule has 0 bridgehead atoms. The van der Waals surface area contributed by atoms with Crippen molar-refractivity contribution >= 4 is 17.4 Å². The SMILES string of the molecule is O=C(Nc1cccc(F)c1)c1cnc(NCc2ccncc2)cn1. The lowest BCUT2D eigenvalue weighted by molar-refractivity contribution is 0.102. The van der Waals surface area contributed by atoms with E-state index in [1.165, 1.54) is 30.6 Å². The van der Waals surface area contributed by atoms with Crippen LogP contribution in [0.25, 0.3) is 0 Å². The first-order valence-corrected chi connectivity index (χ1v) is 7.22. The van der Waals surface area contributed by atoms with Crippen LogP contribution < -0.4 is 10.6 Å². The van der Waals surface area contributed by atoms with Gasteiger partial charge in [-0.3, -0.25) is 9.78 Å². The van der Waals surface area contributed by atoms with Crippen molar-refractivity contribution in [2.45, 2.75) is 6.54 Å². The summed E-state index contributed by atoms with van der Waals surface area (Å²) in [4.78, 5) is 24.2. The number of carbonyl (C=O) groups is 1. The van der Waals surface area contributed by atoms with Gasteiger partial charge in [-0.25, -0.2) is 14.4 Å². The number of amides is 1. The van der Waals surface area contributed by atoms with Gasteiger partial charge in [0.2, 0.25) is 0 Å². The molecule has 2 heterocycles. The summed E-state index contributed by atoms with van der Waals surface area (Å²) >= 11 is 0. The maximum atomic E-state index is 13.1. The second-order valence-corrected chi connectivity index (χ2v) is 4.96. The standard InChI is InChI=1S/C17H14FN5O/c18-13-2-1-3-14(8-13)23-17(24)15-10-22-16(11-20-15)21-9-12-4-6-19-7-5-12/h1-8,10-11H,9H2,(H,21,22)(H,23,24). The number of anilines is 2. The van der Waals surface area contributed by atoms with Crippen LogP contribution >= 0.6 is 0 Å². The third-order valence-corrected chi connectivity index (χ3v) is 3.19. The number of hydrogen-bond donors (Lipinski definition) is 2. The van der Waals surface area contributed by atoms with Crippen molar-refractivity contribution in [3.63, 3.8) is 0 Å². The zero-order chi connectivity index (χ0) is 16.8. The number of aromatic nitrogens is 3. The van der Waals surface area contributed by atoms with Crippen LogP contribution in [-0.4, -0.2) is 20.9 Å². The second kappa shape index (κ2) is 7.28. The molecule has 24 heavy (non-hydrogen) atoms. The van der Waals surface area contributed by atoms with E-state index in [1.54, 1.807) is 18.5 Å². The highest BCUT2D eigenvalue weighted by atomic mass is 19.1. The number of halogens is 1. The topological polar surface area (TPSA) is 79.8 Å². The van der Waals surface area contributed by atoms with Gasteiger partial charge in [0, 0.05) is 24.6 Å². The molecule has 1 amide bonds. The Bertz CT molecular complexity index is 824. The average molecular weight is 323 g/mol. The number of carbonyl (C=O) groups excluding carboxylic acids is 1. The Morgan fingerprint density at radius 1 is 1.08 bits per heavy atom. The van der Waals surface area contributed by atoms with Gasteiger partial charge in [-0.15, -0.1) is 0 Å². The van der Waals surface area contributed by atoms with Gasteiger partial charge in [-0.05, 0) is 35.9 Å². The van der Waals surface area contributed by atoms with Gasteiger partial charge in [0.15, 0.2) is 0 Å². The van der Waals surface area contributed by atoms with Gasteiger partial charge in [0.1, 0.15) is 17.3 Å². The number of rotatable bonds is 5. The van der Waals surface area contributed by atoms with E-state index in [4.69, 9.17) is 0 Å². The molecule has 1 aromatic carbocycles. The summed E-state index contributed by atoms with van der Waals surface area (Å²) in [5.74, 6) is -0.322. The van der Waals surface area contributed by atoms with Crippen molar-refractivity contribution in [3.8, 4) is 0 Å². The second-order valence-electron chi connectivity index (χ2n) is 4.96. The lowest BCUT2D eigenvalue weighted by Gasteiger charge is -2.07.